The third-order valence-electron chi connectivity index (χ3n) is 2.65. The van der Waals surface area contributed by atoms with Gasteiger partial charge in [0.05, 0.1) is 5.69 Å². The maximum atomic E-state index is 11.5. The number of carbonyl (C=O) groups excluding carboxylic acids is 1. The largest absolute Gasteiger partial charge is 0.334 e. The first-order valence-electron chi connectivity index (χ1n) is 4.88. The molecule has 0 radical (unpaired) electrons. The predicted molar refractivity (Wildman–Crippen MR) is 56.4 cm³/mol. The molecule has 0 saturated heterocycles. The van der Waals surface area contributed by atoms with Crippen molar-refractivity contribution in [1.29, 1.82) is 0 Å². The van der Waals surface area contributed by atoms with Crippen LogP contribution in [0.5, 0.6) is 0 Å². The van der Waals surface area contributed by atoms with E-state index >= 15 is 0 Å². The molecule has 0 bridgehead atoms. The van der Waals surface area contributed by atoms with Crippen LogP contribution in [0.1, 0.15) is 18.1 Å². The molecule has 1 aliphatic rings. The highest BCUT2D eigenvalue weighted by molar-refractivity contribution is 5.94. The summed E-state index contributed by atoms with van der Waals surface area (Å²) >= 11 is 0. The molecular formula is C11H14N2O. The summed E-state index contributed by atoms with van der Waals surface area (Å²) in [6.45, 7) is 5.42. The van der Waals surface area contributed by atoms with E-state index in [2.05, 4.69) is 18.3 Å². The molecule has 14 heavy (non-hydrogen) atoms. The maximum Gasteiger partial charge on any atom is 0.322 e. The van der Waals surface area contributed by atoms with Gasteiger partial charge >= 0.3 is 6.03 Å². The number of fused-ring (bicyclic) bond motifs is 1. The Bertz CT molecular complexity index is 374. The second kappa shape index (κ2) is 3.33. The summed E-state index contributed by atoms with van der Waals surface area (Å²) in [5.41, 5.74) is 3.52. The van der Waals surface area contributed by atoms with Crippen molar-refractivity contribution in [2.75, 3.05) is 11.4 Å². The van der Waals surface area contributed by atoms with Gasteiger partial charge in [-0.05, 0) is 31.0 Å². The summed E-state index contributed by atoms with van der Waals surface area (Å²) in [5, 5.41) is 2.87. The van der Waals surface area contributed by atoms with Crippen molar-refractivity contribution in [3.8, 4) is 0 Å². The fourth-order valence-corrected chi connectivity index (χ4v) is 1.85. The Labute approximate surface area is 83.7 Å². The Morgan fingerprint density at radius 3 is 3.00 bits per heavy atom. The van der Waals surface area contributed by atoms with Crippen LogP contribution < -0.4 is 10.2 Å². The number of urea groups is 1. The summed E-state index contributed by atoms with van der Waals surface area (Å²) < 4.78 is 0. The van der Waals surface area contributed by atoms with Gasteiger partial charge in [-0.3, -0.25) is 4.90 Å². The van der Waals surface area contributed by atoms with E-state index in [4.69, 9.17) is 0 Å². The normalized spacial score (nSPS) is 15.0. The minimum Gasteiger partial charge on any atom is -0.334 e. The van der Waals surface area contributed by atoms with Crippen molar-refractivity contribution < 1.29 is 4.79 Å². The Balaban J connectivity index is 2.52. The molecule has 2 amide bonds. The van der Waals surface area contributed by atoms with E-state index in [1.807, 2.05) is 19.1 Å². The number of amides is 2. The molecule has 3 heteroatoms. The zero-order valence-electron chi connectivity index (χ0n) is 8.50. The van der Waals surface area contributed by atoms with Gasteiger partial charge in [-0.15, -0.1) is 0 Å². The number of benzene rings is 1. The number of carbonyl (C=O) groups is 1. The minimum absolute atomic E-state index is 0.00519. The molecule has 1 aliphatic heterocycles. The van der Waals surface area contributed by atoms with Crippen molar-refractivity contribution in [2.45, 2.75) is 20.4 Å². The van der Waals surface area contributed by atoms with Gasteiger partial charge in [-0.25, -0.2) is 4.79 Å². The first-order chi connectivity index (χ1) is 6.74. The number of nitrogens with one attached hydrogen (secondary N) is 1. The van der Waals surface area contributed by atoms with E-state index in [1.165, 1.54) is 11.1 Å². The van der Waals surface area contributed by atoms with Crippen LogP contribution in [0.2, 0.25) is 0 Å². The third-order valence-corrected chi connectivity index (χ3v) is 2.65. The summed E-state index contributed by atoms with van der Waals surface area (Å²) in [5.74, 6) is 0. The first-order valence-corrected chi connectivity index (χ1v) is 4.88. The molecule has 0 unspecified atom stereocenters. The number of nitrogens with zero attached hydrogens (tertiary/aromatic N) is 1. The van der Waals surface area contributed by atoms with Crippen molar-refractivity contribution in [3.63, 3.8) is 0 Å². The number of anilines is 1. The van der Waals surface area contributed by atoms with Crippen LogP contribution in [-0.4, -0.2) is 12.6 Å². The van der Waals surface area contributed by atoms with Gasteiger partial charge in [0.25, 0.3) is 0 Å². The highest BCUT2D eigenvalue weighted by atomic mass is 16.2. The van der Waals surface area contributed by atoms with Crippen LogP contribution in [0.3, 0.4) is 0 Å². The van der Waals surface area contributed by atoms with Crippen molar-refractivity contribution in [2.24, 2.45) is 0 Å². The van der Waals surface area contributed by atoms with Gasteiger partial charge in [-0.1, -0.05) is 12.1 Å². The minimum atomic E-state index is 0.00519. The molecule has 0 aromatic heterocycles. The van der Waals surface area contributed by atoms with E-state index in [0.29, 0.717) is 13.1 Å². The van der Waals surface area contributed by atoms with Crippen LogP contribution in [0.25, 0.3) is 0 Å². The fourth-order valence-electron chi connectivity index (χ4n) is 1.85. The molecule has 1 N–H and O–H groups in total. The van der Waals surface area contributed by atoms with Crippen LogP contribution in [0, 0.1) is 6.92 Å². The zero-order valence-corrected chi connectivity index (χ0v) is 8.50. The molecule has 74 valence electrons. The highest BCUT2D eigenvalue weighted by Gasteiger charge is 2.22. The molecule has 3 nitrogen and oxygen atoms in total. The van der Waals surface area contributed by atoms with Gasteiger partial charge in [0.15, 0.2) is 0 Å². The molecule has 1 heterocycles. The summed E-state index contributed by atoms with van der Waals surface area (Å²) in [4.78, 5) is 13.3. The average molecular weight is 190 g/mol. The summed E-state index contributed by atoms with van der Waals surface area (Å²) in [6.07, 6.45) is 0. The Hall–Kier alpha value is -1.51. The van der Waals surface area contributed by atoms with Crippen LogP contribution in [-0.2, 0) is 6.54 Å². The van der Waals surface area contributed by atoms with Gasteiger partial charge in [0.2, 0.25) is 0 Å². The van der Waals surface area contributed by atoms with Crippen LogP contribution in [0.4, 0.5) is 10.5 Å². The number of rotatable bonds is 1. The van der Waals surface area contributed by atoms with E-state index in [9.17, 15) is 4.79 Å². The van der Waals surface area contributed by atoms with Crippen LogP contribution >= 0.6 is 0 Å². The van der Waals surface area contributed by atoms with E-state index in [0.717, 1.165) is 5.69 Å². The monoisotopic (exact) mass is 190 g/mol. The maximum absolute atomic E-state index is 11.5. The van der Waals surface area contributed by atoms with Gasteiger partial charge < -0.3 is 5.32 Å². The lowest BCUT2D eigenvalue weighted by atomic mass is 10.0. The second-order valence-corrected chi connectivity index (χ2v) is 3.48. The fraction of sp³-hybridized carbons (Fsp3) is 0.364. The number of hydrogen-bond acceptors (Lipinski definition) is 1. The Kier molecular flexibility index (Phi) is 2.15. The first kappa shape index (κ1) is 9.06. The quantitative estimate of drug-likeness (QED) is 0.722. The van der Waals surface area contributed by atoms with Gasteiger partial charge in [0, 0.05) is 13.1 Å². The number of hydrogen-bond donors (Lipinski definition) is 1. The van der Waals surface area contributed by atoms with Crippen molar-refractivity contribution in [3.05, 3.63) is 29.3 Å². The summed E-state index contributed by atoms with van der Waals surface area (Å²) in [6, 6.07) is 6.08. The molecular weight excluding hydrogens is 176 g/mol. The lowest BCUT2D eigenvalue weighted by Crippen LogP contribution is -2.44. The second-order valence-electron chi connectivity index (χ2n) is 3.48. The van der Waals surface area contributed by atoms with Crippen molar-refractivity contribution in [1.82, 2.24) is 5.32 Å². The van der Waals surface area contributed by atoms with E-state index in [1.54, 1.807) is 4.90 Å². The standard InChI is InChI=1S/C11H14N2O/c1-3-13-10-6-4-5-8(2)9(10)7-12-11(13)14/h4-6H,3,7H2,1-2H3,(H,12,14). The molecule has 2 rings (SSSR count). The highest BCUT2D eigenvalue weighted by Crippen LogP contribution is 2.26. The molecule has 1 aromatic rings. The van der Waals surface area contributed by atoms with Gasteiger partial charge in [0.1, 0.15) is 0 Å². The topological polar surface area (TPSA) is 32.3 Å². The molecule has 0 atom stereocenters. The van der Waals surface area contributed by atoms with E-state index < -0.39 is 0 Å². The Morgan fingerprint density at radius 2 is 2.29 bits per heavy atom. The number of aryl methyl sites for hydroxylation is 1. The van der Waals surface area contributed by atoms with E-state index in [-0.39, 0.29) is 6.03 Å². The molecule has 1 aromatic carbocycles. The van der Waals surface area contributed by atoms with Crippen LogP contribution in [0.15, 0.2) is 18.2 Å². The molecule has 0 saturated carbocycles. The Morgan fingerprint density at radius 1 is 1.50 bits per heavy atom. The zero-order chi connectivity index (χ0) is 10.1. The molecule has 0 spiro atoms. The van der Waals surface area contributed by atoms with Crippen molar-refractivity contribution >= 4 is 11.7 Å². The molecule has 0 aliphatic carbocycles. The lowest BCUT2D eigenvalue weighted by Gasteiger charge is -2.29. The third kappa shape index (κ3) is 1.25. The molecule has 0 fully saturated rings. The SMILES string of the molecule is CCN1C(=O)NCc2c(C)cccc21. The smallest absolute Gasteiger partial charge is 0.322 e. The lowest BCUT2D eigenvalue weighted by molar-refractivity contribution is 0.245. The summed E-state index contributed by atoms with van der Waals surface area (Å²) in [7, 11) is 0. The van der Waals surface area contributed by atoms with Gasteiger partial charge in [-0.2, -0.15) is 0 Å². The average Bonchev–Trinajstić information content (AvgIpc) is 2.18. The predicted octanol–water partition coefficient (Wildman–Crippen LogP) is 2.04.